The van der Waals surface area contributed by atoms with Crippen LogP contribution in [0.5, 0.6) is 0 Å². The number of nitrogens with one attached hydrogen (secondary N) is 3. The van der Waals surface area contributed by atoms with Crippen molar-refractivity contribution >= 4 is 17.8 Å². The van der Waals surface area contributed by atoms with E-state index in [0.29, 0.717) is 5.82 Å². The third-order valence-electron chi connectivity index (χ3n) is 5.23. The highest BCUT2D eigenvalue weighted by Gasteiger charge is 2.35. The molecule has 3 N–H and O–H groups in total. The van der Waals surface area contributed by atoms with E-state index in [1.807, 2.05) is 64.1 Å². The van der Waals surface area contributed by atoms with Gasteiger partial charge < -0.3 is 15.4 Å². The quantitative estimate of drug-likeness (QED) is 0.667. The Morgan fingerprint density at radius 1 is 1.24 bits per heavy atom. The molecule has 2 aromatic rings. The highest BCUT2D eigenvalue weighted by atomic mass is 16.6. The van der Waals surface area contributed by atoms with Crippen molar-refractivity contribution in [3.63, 3.8) is 0 Å². The summed E-state index contributed by atoms with van der Waals surface area (Å²) in [4.78, 5) is 24.3. The molecule has 1 unspecified atom stereocenters. The van der Waals surface area contributed by atoms with Crippen LogP contribution in [0.2, 0.25) is 0 Å². The summed E-state index contributed by atoms with van der Waals surface area (Å²) in [7, 11) is 0. The standard InChI is InChI=1S/C22H30N4O3/c1-5-17(14-9-7-6-8-10-14)23-21(28)29-16-11-15(12-16)18-13-19(26-25-18)24-20(27)22(2,3)4/h6-10,13,15-17H,5,11-12H2,1-4H3,(H,23,28)(H2,24,25,26,27). The third kappa shape index (κ3) is 5.37. The van der Waals surface area contributed by atoms with Crippen LogP contribution in [0.1, 0.15) is 70.2 Å². The first-order valence-electron chi connectivity index (χ1n) is 10.1. The second-order valence-corrected chi connectivity index (χ2v) is 8.62. The Morgan fingerprint density at radius 3 is 2.55 bits per heavy atom. The number of hydrogen-bond donors (Lipinski definition) is 3. The maximum absolute atomic E-state index is 12.3. The zero-order chi connectivity index (χ0) is 21.0. The molecule has 1 heterocycles. The summed E-state index contributed by atoms with van der Waals surface area (Å²) < 4.78 is 5.55. The van der Waals surface area contributed by atoms with Gasteiger partial charge in [-0.3, -0.25) is 9.89 Å². The van der Waals surface area contributed by atoms with Gasteiger partial charge in [0.05, 0.1) is 6.04 Å². The topological polar surface area (TPSA) is 96.1 Å². The number of carbonyl (C=O) groups is 2. The maximum Gasteiger partial charge on any atom is 0.407 e. The summed E-state index contributed by atoms with van der Waals surface area (Å²) in [6.07, 6.45) is 1.79. The van der Waals surface area contributed by atoms with Gasteiger partial charge in [-0.25, -0.2) is 4.79 Å². The summed E-state index contributed by atoms with van der Waals surface area (Å²) in [5.41, 5.74) is 1.55. The number of ether oxygens (including phenoxy) is 1. The molecule has 1 fully saturated rings. The number of hydrogen-bond acceptors (Lipinski definition) is 4. The molecule has 1 saturated carbocycles. The number of amides is 2. The van der Waals surface area contributed by atoms with Crippen LogP contribution in [-0.2, 0) is 9.53 Å². The molecule has 3 rings (SSSR count). The fourth-order valence-corrected chi connectivity index (χ4v) is 3.26. The summed E-state index contributed by atoms with van der Waals surface area (Å²) in [6.45, 7) is 7.60. The molecule has 7 heteroatoms. The predicted octanol–water partition coefficient (Wildman–Crippen LogP) is 4.52. The smallest absolute Gasteiger partial charge is 0.407 e. The largest absolute Gasteiger partial charge is 0.446 e. The molecule has 0 aliphatic heterocycles. The number of rotatable bonds is 6. The summed E-state index contributed by atoms with van der Waals surface area (Å²) in [6, 6.07) is 11.7. The molecular weight excluding hydrogens is 368 g/mol. The van der Waals surface area contributed by atoms with E-state index in [1.165, 1.54) is 0 Å². The fourth-order valence-electron chi connectivity index (χ4n) is 3.26. The van der Waals surface area contributed by atoms with Gasteiger partial charge in [0.15, 0.2) is 5.82 Å². The van der Waals surface area contributed by atoms with E-state index in [-0.39, 0.29) is 30.1 Å². The average molecular weight is 399 g/mol. The van der Waals surface area contributed by atoms with Crippen molar-refractivity contribution in [3.8, 4) is 0 Å². The lowest BCUT2D eigenvalue weighted by Crippen LogP contribution is -2.37. The first kappa shape index (κ1) is 20.9. The van der Waals surface area contributed by atoms with E-state index in [1.54, 1.807) is 0 Å². The van der Waals surface area contributed by atoms with Gasteiger partial charge in [0.25, 0.3) is 0 Å². The number of H-pyrrole nitrogens is 1. The number of aromatic nitrogens is 2. The molecule has 29 heavy (non-hydrogen) atoms. The van der Waals surface area contributed by atoms with Gasteiger partial charge in [-0.2, -0.15) is 5.10 Å². The van der Waals surface area contributed by atoms with Gasteiger partial charge in [-0.1, -0.05) is 58.0 Å². The van der Waals surface area contributed by atoms with Gasteiger partial charge >= 0.3 is 6.09 Å². The third-order valence-corrected chi connectivity index (χ3v) is 5.23. The molecule has 1 aliphatic carbocycles. The zero-order valence-corrected chi connectivity index (χ0v) is 17.5. The van der Waals surface area contributed by atoms with Crippen molar-refractivity contribution in [1.29, 1.82) is 0 Å². The van der Waals surface area contributed by atoms with E-state index in [9.17, 15) is 9.59 Å². The number of aromatic amines is 1. The van der Waals surface area contributed by atoms with Crippen molar-refractivity contribution in [1.82, 2.24) is 15.5 Å². The van der Waals surface area contributed by atoms with E-state index in [4.69, 9.17) is 4.74 Å². The van der Waals surface area contributed by atoms with Crippen LogP contribution in [0.4, 0.5) is 10.6 Å². The molecule has 156 valence electrons. The summed E-state index contributed by atoms with van der Waals surface area (Å²) in [5.74, 6) is 0.693. The minimum atomic E-state index is -0.474. The first-order valence-corrected chi connectivity index (χ1v) is 10.1. The van der Waals surface area contributed by atoms with Crippen LogP contribution in [0, 0.1) is 5.41 Å². The number of alkyl carbamates (subject to hydrolysis) is 1. The molecular formula is C22H30N4O3. The van der Waals surface area contributed by atoms with E-state index in [2.05, 4.69) is 20.8 Å². The first-order chi connectivity index (χ1) is 13.8. The lowest BCUT2D eigenvalue weighted by atomic mass is 9.80. The number of benzene rings is 1. The van der Waals surface area contributed by atoms with Crippen LogP contribution in [0.25, 0.3) is 0 Å². The molecule has 2 amide bonds. The molecule has 7 nitrogen and oxygen atoms in total. The Labute approximate surface area is 171 Å². The van der Waals surface area contributed by atoms with Crippen molar-refractivity contribution < 1.29 is 14.3 Å². The van der Waals surface area contributed by atoms with Crippen LogP contribution < -0.4 is 10.6 Å². The molecule has 1 atom stereocenters. The zero-order valence-electron chi connectivity index (χ0n) is 17.5. The molecule has 0 bridgehead atoms. The van der Waals surface area contributed by atoms with E-state index in [0.717, 1.165) is 30.5 Å². The Balaban J connectivity index is 1.45. The Kier molecular flexibility index (Phi) is 6.25. The van der Waals surface area contributed by atoms with Crippen molar-refractivity contribution in [2.75, 3.05) is 5.32 Å². The summed E-state index contributed by atoms with van der Waals surface area (Å²) >= 11 is 0. The lowest BCUT2D eigenvalue weighted by molar-refractivity contribution is -0.123. The summed E-state index contributed by atoms with van der Waals surface area (Å²) in [5, 5.41) is 12.9. The van der Waals surface area contributed by atoms with E-state index >= 15 is 0 Å². The highest BCUT2D eigenvalue weighted by Crippen LogP contribution is 2.38. The Hall–Kier alpha value is -2.83. The van der Waals surface area contributed by atoms with Crippen LogP contribution in [-0.4, -0.2) is 28.3 Å². The normalized spacial score (nSPS) is 19.7. The number of nitrogens with zero attached hydrogens (tertiary/aromatic N) is 1. The maximum atomic E-state index is 12.3. The van der Waals surface area contributed by atoms with Gasteiger partial charge in [-0.15, -0.1) is 0 Å². The SMILES string of the molecule is CCC(NC(=O)OC1CC(c2cc(NC(=O)C(C)(C)C)n[nH]2)C1)c1ccccc1. The molecule has 1 aliphatic rings. The Bertz CT molecular complexity index is 835. The van der Waals surface area contributed by atoms with Crippen LogP contribution >= 0.6 is 0 Å². The second kappa shape index (κ2) is 8.68. The molecule has 0 saturated heterocycles. The van der Waals surface area contributed by atoms with Gasteiger partial charge in [0.2, 0.25) is 5.91 Å². The number of carbonyl (C=O) groups excluding carboxylic acids is 2. The molecule has 0 spiro atoms. The monoisotopic (exact) mass is 398 g/mol. The van der Waals surface area contributed by atoms with Crippen LogP contribution in [0.3, 0.4) is 0 Å². The van der Waals surface area contributed by atoms with Crippen molar-refractivity contribution in [2.24, 2.45) is 5.41 Å². The average Bonchev–Trinajstić information content (AvgIpc) is 3.10. The van der Waals surface area contributed by atoms with Crippen molar-refractivity contribution in [3.05, 3.63) is 47.7 Å². The fraction of sp³-hybridized carbons (Fsp3) is 0.500. The van der Waals surface area contributed by atoms with Gasteiger partial charge in [-0.05, 0) is 24.8 Å². The Morgan fingerprint density at radius 2 is 1.93 bits per heavy atom. The second-order valence-electron chi connectivity index (χ2n) is 8.62. The predicted molar refractivity (Wildman–Crippen MR) is 112 cm³/mol. The molecule has 1 aromatic heterocycles. The lowest BCUT2D eigenvalue weighted by Gasteiger charge is -2.34. The number of anilines is 1. The highest BCUT2D eigenvalue weighted by molar-refractivity contribution is 5.93. The molecule has 0 radical (unpaired) electrons. The van der Waals surface area contributed by atoms with Crippen LogP contribution in [0.15, 0.2) is 36.4 Å². The van der Waals surface area contributed by atoms with Crippen molar-refractivity contribution in [2.45, 2.75) is 65.0 Å². The van der Waals surface area contributed by atoms with E-state index < -0.39 is 5.41 Å². The minimum Gasteiger partial charge on any atom is -0.446 e. The minimum absolute atomic E-state index is 0.0545. The van der Waals surface area contributed by atoms with Gasteiger partial charge in [0.1, 0.15) is 6.10 Å². The van der Waals surface area contributed by atoms with Gasteiger partial charge in [0, 0.05) is 23.1 Å². The molecule has 1 aromatic carbocycles.